The van der Waals surface area contributed by atoms with Crippen molar-refractivity contribution in [2.45, 2.75) is 89.9 Å². The highest BCUT2D eigenvalue weighted by molar-refractivity contribution is 5.68. The van der Waals surface area contributed by atoms with Crippen molar-refractivity contribution in [3.05, 3.63) is 0 Å². The van der Waals surface area contributed by atoms with Gasteiger partial charge in [0, 0.05) is 31.3 Å². The van der Waals surface area contributed by atoms with Gasteiger partial charge in [0.25, 0.3) is 0 Å². The van der Waals surface area contributed by atoms with E-state index in [1.165, 1.54) is 12.8 Å². The number of carbonyl (C=O) groups is 1. The highest BCUT2D eigenvalue weighted by Crippen LogP contribution is 2.23. The second kappa shape index (κ2) is 8.34. The van der Waals surface area contributed by atoms with Crippen molar-refractivity contribution < 1.29 is 14.3 Å². The Kier molecular flexibility index (Phi) is 6.72. The number of amides is 1. The smallest absolute Gasteiger partial charge is 0.407 e. The molecule has 2 fully saturated rings. The van der Waals surface area contributed by atoms with Crippen LogP contribution >= 0.6 is 0 Å². The zero-order chi connectivity index (χ0) is 16.9. The minimum atomic E-state index is -0.429. The van der Waals surface area contributed by atoms with Gasteiger partial charge < -0.3 is 20.1 Å². The maximum Gasteiger partial charge on any atom is 0.407 e. The third-order valence-electron chi connectivity index (χ3n) is 4.92. The van der Waals surface area contributed by atoms with Gasteiger partial charge in [0.15, 0.2) is 0 Å². The number of rotatable bonds is 4. The van der Waals surface area contributed by atoms with E-state index >= 15 is 0 Å². The van der Waals surface area contributed by atoms with Crippen LogP contribution in [0.1, 0.15) is 66.2 Å². The summed E-state index contributed by atoms with van der Waals surface area (Å²) in [5.74, 6) is 0.737. The largest absolute Gasteiger partial charge is 0.444 e. The molecule has 0 unspecified atom stereocenters. The first-order chi connectivity index (χ1) is 10.8. The van der Waals surface area contributed by atoms with Crippen LogP contribution in [0.3, 0.4) is 0 Å². The Morgan fingerprint density at radius 1 is 1.04 bits per heavy atom. The summed E-state index contributed by atoms with van der Waals surface area (Å²) in [7, 11) is 0. The zero-order valence-corrected chi connectivity index (χ0v) is 15.2. The molecule has 1 saturated heterocycles. The zero-order valence-electron chi connectivity index (χ0n) is 15.2. The first-order valence-electron chi connectivity index (χ1n) is 9.17. The lowest BCUT2D eigenvalue weighted by Crippen LogP contribution is -2.47. The first kappa shape index (κ1) is 18.5. The molecule has 5 nitrogen and oxygen atoms in total. The molecule has 134 valence electrons. The van der Waals surface area contributed by atoms with E-state index in [0.717, 1.165) is 44.8 Å². The van der Waals surface area contributed by atoms with Gasteiger partial charge in [-0.3, -0.25) is 0 Å². The van der Waals surface area contributed by atoms with Crippen molar-refractivity contribution >= 4 is 6.09 Å². The van der Waals surface area contributed by atoms with E-state index in [4.69, 9.17) is 9.47 Å². The Labute approximate surface area is 140 Å². The molecule has 1 saturated carbocycles. The SMILES string of the molecule is C[C@H](NC1CCC(NC(=O)OC(C)(C)C)CC1)C1CCOCC1. The number of nitrogens with one attached hydrogen (secondary N) is 2. The van der Waals surface area contributed by atoms with Crippen molar-refractivity contribution in [3.63, 3.8) is 0 Å². The van der Waals surface area contributed by atoms with Crippen molar-refractivity contribution in [1.29, 1.82) is 0 Å². The Balaban J connectivity index is 1.66. The van der Waals surface area contributed by atoms with E-state index in [9.17, 15) is 4.79 Å². The van der Waals surface area contributed by atoms with Crippen LogP contribution in [0, 0.1) is 5.92 Å². The molecular weight excluding hydrogens is 292 g/mol. The van der Waals surface area contributed by atoms with Gasteiger partial charge in [0.2, 0.25) is 0 Å². The second-order valence-electron chi connectivity index (χ2n) is 8.10. The van der Waals surface area contributed by atoms with Gasteiger partial charge in [-0.1, -0.05) is 0 Å². The van der Waals surface area contributed by atoms with Gasteiger partial charge in [0.1, 0.15) is 5.60 Å². The predicted octanol–water partition coefficient (Wildman–Crippen LogP) is 3.23. The fourth-order valence-electron chi connectivity index (χ4n) is 3.60. The molecule has 0 aromatic rings. The first-order valence-corrected chi connectivity index (χ1v) is 9.17. The van der Waals surface area contributed by atoms with E-state index in [2.05, 4.69) is 17.6 Å². The van der Waals surface area contributed by atoms with Gasteiger partial charge in [-0.2, -0.15) is 0 Å². The quantitative estimate of drug-likeness (QED) is 0.833. The highest BCUT2D eigenvalue weighted by Gasteiger charge is 2.27. The number of hydrogen-bond donors (Lipinski definition) is 2. The molecule has 1 atom stereocenters. The lowest BCUT2D eigenvalue weighted by Gasteiger charge is -2.35. The normalized spacial score (nSPS) is 28.2. The Morgan fingerprint density at radius 2 is 1.61 bits per heavy atom. The molecule has 2 aliphatic rings. The maximum atomic E-state index is 11.8. The van der Waals surface area contributed by atoms with Gasteiger partial charge in [-0.05, 0) is 72.1 Å². The Hall–Kier alpha value is -0.810. The molecular formula is C18H34N2O3. The van der Waals surface area contributed by atoms with Crippen LogP contribution in [0.2, 0.25) is 0 Å². The molecule has 0 aromatic carbocycles. The summed E-state index contributed by atoms with van der Waals surface area (Å²) in [6.07, 6.45) is 6.34. The highest BCUT2D eigenvalue weighted by atomic mass is 16.6. The molecule has 1 aliphatic carbocycles. The van der Waals surface area contributed by atoms with E-state index in [1.54, 1.807) is 0 Å². The topological polar surface area (TPSA) is 59.6 Å². The van der Waals surface area contributed by atoms with E-state index in [0.29, 0.717) is 12.1 Å². The fraction of sp³-hybridized carbons (Fsp3) is 0.944. The van der Waals surface area contributed by atoms with Crippen molar-refractivity contribution in [1.82, 2.24) is 10.6 Å². The molecule has 23 heavy (non-hydrogen) atoms. The second-order valence-corrected chi connectivity index (χ2v) is 8.10. The van der Waals surface area contributed by atoms with Crippen LogP contribution in [-0.4, -0.2) is 43.0 Å². The maximum absolute atomic E-state index is 11.8. The predicted molar refractivity (Wildman–Crippen MR) is 91.6 cm³/mol. The molecule has 1 heterocycles. The van der Waals surface area contributed by atoms with Gasteiger partial charge in [0.05, 0.1) is 0 Å². The average molecular weight is 326 g/mol. The van der Waals surface area contributed by atoms with Crippen LogP contribution in [-0.2, 0) is 9.47 Å². The Bertz CT molecular complexity index is 367. The van der Waals surface area contributed by atoms with Crippen molar-refractivity contribution in [2.24, 2.45) is 5.92 Å². The third kappa shape index (κ3) is 6.68. The summed E-state index contributed by atoms with van der Waals surface area (Å²) in [5, 5.41) is 6.81. The molecule has 0 bridgehead atoms. The van der Waals surface area contributed by atoms with Crippen molar-refractivity contribution in [2.75, 3.05) is 13.2 Å². The summed E-state index contributed by atoms with van der Waals surface area (Å²) < 4.78 is 10.8. The molecule has 0 spiro atoms. The van der Waals surface area contributed by atoms with E-state index in [-0.39, 0.29) is 12.1 Å². The average Bonchev–Trinajstić information content (AvgIpc) is 2.48. The summed E-state index contributed by atoms with van der Waals surface area (Å²) in [5.41, 5.74) is -0.429. The lowest BCUT2D eigenvalue weighted by atomic mass is 9.88. The molecule has 0 aromatic heterocycles. The summed E-state index contributed by atoms with van der Waals surface area (Å²) in [4.78, 5) is 11.8. The number of alkyl carbamates (subject to hydrolysis) is 1. The number of ether oxygens (including phenoxy) is 2. The lowest BCUT2D eigenvalue weighted by molar-refractivity contribution is 0.0478. The monoisotopic (exact) mass is 326 g/mol. The summed E-state index contributed by atoms with van der Waals surface area (Å²) in [6, 6.07) is 1.38. The molecule has 1 aliphatic heterocycles. The van der Waals surface area contributed by atoms with E-state index in [1.807, 2.05) is 20.8 Å². The Morgan fingerprint density at radius 3 is 2.17 bits per heavy atom. The standard InChI is InChI=1S/C18H34N2O3/c1-13(14-9-11-22-12-10-14)19-15-5-7-16(8-6-15)20-17(21)23-18(2,3)4/h13-16,19H,5-12H2,1-4H3,(H,20,21)/t13-,15?,16?/m0/s1. The molecule has 2 rings (SSSR count). The molecule has 2 N–H and O–H groups in total. The number of carbonyl (C=O) groups excluding carboxylic acids is 1. The fourth-order valence-corrected chi connectivity index (χ4v) is 3.60. The van der Waals surface area contributed by atoms with Crippen molar-refractivity contribution in [3.8, 4) is 0 Å². The molecule has 5 heteroatoms. The summed E-state index contributed by atoms with van der Waals surface area (Å²) >= 11 is 0. The number of hydrogen-bond acceptors (Lipinski definition) is 4. The molecule has 1 amide bonds. The van der Waals surface area contributed by atoms with Gasteiger partial charge in [-0.15, -0.1) is 0 Å². The molecule has 0 radical (unpaired) electrons. The van der Waals surface area contributed by atoms with Crippen LogP contribution in [0.25, 0.3) is 0 Å². The van der Waals surface area contributed by atoms with Crippen LogP contribution in [0.15, 0.2) is 0 Å². The van der Waals surface area contributed by atoms with Crippen LogP contribution in [0.4, 0.5) is 4.79 Å². The summed E-state index contributed by atoms with van der Waals surface area (Å²) in [6.45, 7) is 9.80. The van der Waals surface area contributed by atoms with Gasteiger partial charge >= 0.3 is 6.09 Å². The minimum Gasteiger partial charge on any atom is -0.444 e. The third-order valence-corrected chi connectivity index (χ3v) is 4.92. The van der Waals surface area contributed by atoms with Crippen LogP contribution in [0.5, 0.6) is 0 Å². The minimum absolute atomic E-state index is 0.251. The van der Waals surface area contributed by atoms with E-state index < -0.39 is 5.60 Å². The van der Waals surface area contributed by atoms with Gasteiger partial charge in [-0.25, -0.2) is 4.79 Å². The van der Waals surface area contributed by atoms with Crippen LogP contribution < -0.4 is 10.6 Å².